The summed E-state index contributed by atoms with van der Waals surface area (Å²) in [6.07, 6.45) is 3.45. The summed E-state index contributed by atoms with van der Waals surface area (Å²) in [5.41, 5.74) is 1.31. The van der Waals surface area contributed by atoms with Gasteiger partial charge in [-0.05, 0) is 29.8 Å². The fraction of sp³-hybridized carbons (Fsp3) is 0.333. The molecule has 0 radical (unpaired) electrons. The number of amides is 1. The van der Waals surface area contributed by atoms with Crippen LogP contribution in [0.3, 0.4) is 0 Å². The Morgan fingerprint density at radius 1 is 1.27 bits per heavy atom. The van der Waals surface area contributed by atoms with Crippen LogP contribution in [-0.4, -0.2) is 62.2 Å². The maximum atomic E-state index is 13.1. The molecule has 0 saturated carbocycles. The molecule has 0 bridgehead atoms. The van der Waals surface area contributed by atoms with Crippen molar-refractivity contribution >= 4 is 15.9 Å². The molecule has 0 aliphatic carbocycles. The monoisotopic (exact) mass is 374 g/mol. The molecule has 2 aromatic rings. The van der Waals surface area contributed by atoms with Crippen LogP contribution in [0.5, 0.6) is 0 Å². The van der Waals surface area contributed by atoms with Crippen LogP contribution in [0.1, 0.15) is 22.0 Å². The zero-order valence-electron chi connectivity index (χ0n) is 14.8. The molecule has 0 spiro atoms. The van der Waals surface area contributed by atoms with Crippen molar-refractivity contribution in [2.24, 2.45) is 0 Å². The quantitative estimate of drug-likeness (QED) is 0.867. The molecule has 1 atom stereocenters. The van der Waals surface area contributed by atoms with E-state index in [1.165, 1.54) is 26.2 Å². The largest absolute Gasteiger partial charge is 0.329 e. The molecule has 7 nitrogen and oxygen atoms in total. The summed E-state index contributed by atoms with van der Waals surface area (Å²) in [4.78, 5) is 19.1. The molecule has 1 unspecified atom stereocenters. The first-order valence-corrected chi connectivity index (χ1v) is 9.79. The average molecular weight is 374 g/mol. The van der Waals surface area contributed by atoms with Crippen molar-refractivity contribution in [2.45, 2.75) is 10.9 Å². The summed E-state index contributed by atoms with van der Waals surface area (Å²) in [5, 5.41) is 3.30. The van der Waals surface area contributed by atoms with Crippen LogP contribution >= 0.6 is 0 Å². The van der Waals surface area contributed by atoms with Gasteiger partial charge < -0.3 is 10.2 Å². The van der Waals surface area contributed by atoms with E-state index in [0.717, 1.165) is 9.87 Å². The van der Waals surface area contributed by atoms with Crippen LogP contribution in [0, 0.1) is 0 Å². The van der Waals surface area contributed by atoms with E-state index in [4.69, 9.17) is 0 Å². The second-order valence-electron chi connectivity index (χ2n) is 6.32. The SMILES string of the molecule is CN(C)S(=O)(=O)c1cccc(C(=O)N2CCNCC2c2cccnc2)c1. The smallest absolute Gasteiger partial charge is 0.254 e. The van der Waals surface area contributed by atoms with E-state index in [9.17, 15) is 13.2 Å². The van der Waals surface area contributed by atoms with Gasteiger partial charge in [0.2, 0.25) is 10.0 Å². The van der Waals surface area contributed by atoms with Crippen LogP contribution in [0.4, 0.5) is 0 Å². The molecular weight excluding hydrogens is 352 g/mol. The summed E-state index contributed by atoms with van der Waals surface area (Å²) >= 11 is 0. The number of carbonyl (C=O) groups is 1. The van der Waals surface area contributed by atoms with E-state index in [0.29, 0.717) is 25.2 Å². The Morgan fingerprint density at radius 2 is 2.08 bits per heavy atom. The van der Waals surface area contributed by atoms with Gasteiger partial charge in [0.05, 0.1) is 10.9 Å². The highest BCUT2D eigenvalue weighted by molar-refractivity contribution is 7.89. The highest BCUT2D eigenvalue weighted by Gasteiger charge is 2.29. The summed E-state index contributed by atoms with van der Waals surface area (Å²) in [5.74, 6) is -0.184. The molecule has 2 heterocycles. The highest BCUT2D eigenvalue weighted by atomic mass is 32.2. The topological polar surface area (TPSA) is 82.6 Å². The van der Waals surface area contributed by atoms with Crippen LogP contribution in [0.25, 0.3) is 0 Å². The summed E-state index contributed by atoms with van der Waals surface area (Å²) in [6.45, 7) is 1.87. The minimum atomic E-state index is -3.59. The van der Waals surface area contributed by atoms with Crippen LogP contribution < -0.4 is 5.32 Å². The molecule has 1 fully saturated rings. The Hall–Kier alpha value is -2.29. The fourth-order valence-corrected chi connectivity index (χ4v) is 3.93. The number of piperazine rings is 1. The third-order valence-electron chi connectivity index (χ3n) is 4.43. The minimum Gasteiger partial charge on any atom is -0.329 e. The van der Waals surface area contributed by atoms with E-state index in [1.54, 1.807) is 29.4 Å². The van der Waals surface area contributed by atoms with Gasteiger partial charge in [-0.1, -0.05) is 12.1 Å². The summed E-state index contributed by atoms with van der Waals surface area (Å²) in [6, 6.07) is 9.85. The molecule has 26 heavy (non-hydrogen) atoms. The van der Waals surface area contributed by atoms with Crippen molar-refractivity contribution in [3.63, 3.8) is 0 Å². The Balaban J connectivity index is 1.93. The number of nitrogens with one attached hydrogen (secondary N) is 1. The van der Waals surface area contributed by atoms with Gasteiger partial charge in [0.15, 0.2) is 0 Å². The van der Waals surface area contributed by atoms with Gasteiger partial charge in [-0.2, -0.15) is 0 Å². The maximum Gasteiger partial charge on any atom is 0.254 e. The molecule has 3 rings (SSSR count). The van der Waals surface area contributed by atoms with E-state index in [-0.39, 0.29) is 16.8 Å². The number of hydrogen-bond donors (Lipinski definition) is 1. The first-order valence-electron chi connectivity index (χ1n) is 8.35. The van der Waals surface area contributed by atoms with Crippen LogP contribution in [0.2, 0.25) is 0 Å². The first kappa shape index (κ1) is 18.5. The Labute approximate surface area is 153 Å². The third-order valence-corrected chi connectivity index (χ3v) is 6.24. The molecule has 1 aliphatic heterocycles. The standard InChI is InChI=1S/C18H22N4O3S/c1-21(2)26(24,25)16-7-3-5-14(11-16)18(23)22-10-9-20-13-17(22)15-6-4-8-19-12-15/h3-8,11-12,17,20H,9-10,13H2,1-2H3. The third kappa shape index (κ3) is 3.62. The van der Waals surface area contributed by atoms with Gasteiger partial charge in [-0.25, -0.2) is 12.7 Å². The highest BCUT2D eigenvalue weighted by Crippen LogP contribution is 2.24. The molecule has 1 aromatic carbocycles. The lowest BCUT2D eigenvalue weighted by Gasteiger charge is -2.36. The predicted octanol–water partition coefficient (Wildman–Crippen LogP) is 1.12. The van der Waals surface area contributed by atoms with Crippen molar-refractivity contribution in [1.29, 1.82) is 0 Å². The lowest BCUT2D eigenvalue weighted by atomic mass is 10.0. The second kappa shape index (κ2) is 7.53. The lowest BCUT2D eigenvalue weighted by Crippen LogP contribution is -2.48. The van der Waals surface area contributed by atoms with Crippen molar-refractivity contribution in [1.82, 2.24) is 19.5 Å². The zero-order valence-corrected chi connectivity index (χ0v) is 15.6. The molecule has 1 saturated heterocycles. The van der Waals surface area contributed by atoms with Gasteiger partial charge in [0.1, 0.15) is 0 Å². The van der Waals surface area contributed by atoms with Gasteiger partial charge >= 0.3 is 0 Å². The molecule has 1 N–H and O–H groups in total. The van der Waals surface area contributed by atoms with Gasteiger partial charge in [0.25, 0.3) is 5.91 Å². The van der Waals surface area contributed by atoms with E-state index in [1.807, 2.05) is 12.1 Å². The Morgan fingerprint density at radius 3 is 2.77 bits per heavy atom. The van der Waals surface area contributed by atoms with Crippen molar-refractivity contribution in [3.8, 4) is 0 Å². The molecule has 138 valence electrons. The Bertz CT molecular complexity index is 884. The van der Waals surface area contributed by atoms with E-state index < -0.39 is 10.0 Å². The van der Waals surface area contributed by atoms with Gasteiger partial charge in [0, 0.05) is 51.7 Å². The number of benzene rings is 1. The predicted molar refractivity (Wildman–Crippen MR) is 98.2 cm³/mol. The van der Waals surface area contributed by atoms with Crippen molar-refractivity contribution in [2.75, 3.05) is 33.7 Å². The van der Waals surface area contributed by atoms with Crippen molar-refractivity contribution in [3.05, 3.63) is 59.9 Å². The van der Waals surface area contributed by atoms with Crippen LogP contribution in [0.15, 0.2) is 53.7 Å². The second-order valence-corrected chi connectivity index (χ2v) is 8.47. The number of aromatic nitrogens is 1. The molecule has 1 aliphatic rings. The molecular formula is C18H22N4O3S. The zero-order chi connectivity index (χ0) is 18.7. The maximum absolute atomic E-state index is 13.1. The summed E-state index contributed by atoms with van der Waals surface area (Å²) < 4.78 is 25.8. The lowest BCUT2D eigenvalue weighted by molar-refractivity contribution is 0.0633. The fourth-order valence-electron chi connectivity index (χ4n) is 2.98. The normalized spacial score (nSPS) is 18.1. The molecule has 8 heteroatoms. The molecule has 1 aromatic heterocycles. The average Bonchev–Trinajstić information content (AvgIpc) is 2.68. The minimum absolute atomic E-state index is 0.112. The van der Waals surface area contributed by atoms with Crippen molar-refractivity contribution < 1.29 is 13.2 Å². The van der Waals surface area contributed by atoms with Gasteiger partial charge in [-0.3, -0.25) is 9.78 Å². The number of rotatable bonds is 4. The number of carbonyl (C=O) groups excluding carboxylic acids is 1. The van der Waals surface area contributed by atoms with E-state index in [2.05, 4.69) is 10.3 Å². The van der Waals surface area contributed by atoms with E-state index >= 15 is 0 Å². The number of nitrogens with zero attached hydrogens (tertiary/aromatic N) is 3. The van der Waals surface area contributed by atoms with Gasteiger partial charge in [-0.15, -0.1) is 0 Å². The summed E-state index contributed by atoms with van der Waals surface area (Å²) in [7, 11) is -0.647. The first-order chi connectivity index (χ1) is 12.4. The number of sulfonamides is 1. The Kier molecular flexibility index (Phi) is 5.36. The number of hydrogen-bond acceptors (Lipinski definition) is 5. The number of pyridine rings is 1. The van der Waals surface area contributed by atoms with Crippen LogP contribution in [-0.2, 0) is 10.0 Å². The molecule has 1 amide bonds.